The van der Waals surface area contributed by atoms with Crippen molar-refractivity contribution in [2.75, 3.05) is 51.5 Å². The van der Waals surface area contributed by atoms with Crippen molar-refractivity contribution in [1.82, 2.24) is 9.21 Å². The first kappa shape index (κ1) is 25.0. The molecule has 0 atom stereocenters. The first-order chi connectivity index (χ1) is 15.8. The van der Waals surface area contributed by atoms with E-state index in [1.54, 1.807) is 25.3 Å². The summed E-state index contributed by atoms with van der Waals surface area (Å²) in [4.78, 5) is 27.2. The number of nitrogens with one attached hydrogen (secondary N) is 1. The number of benzene rings is 2. The lowest BCUT2D eigenvalue weighted by atomic mass is 10.2. The van der Waals surface area contributed by atoms with Crippen LogP contribution in [0.25, 0.3) is 6.08 Å². The third kappa shape index (κ3) is 6.67. The molecule has 3 rings (SSSR count). The highest BCUT2D eigenvalue weighted by Crippen LogP contribution is 2.24. The number of carbonyl (C=O) groups excluding carboxylic acids is 2. The normalized spacial score (nSPS) is 14.8. The second kappa shape index (κ2) is 11.5. The number of nitrogens with zero attached hydrogens (tertiary/aromatic N) is 2. The average molecular weight is 490 g/mol. The van der Waals surface area contributed by atoms with Crippen LogP contribution in [0.4, 0.5) is 5.69 Å². The minimum Gasteiger partial charge on any atom is -0.379 e. The van der Waals surface area contributed by atoms with Crippen LogP contribution >= 0.6 is 11.8 Å². The topological polar surface area (TPSA) is 96.0 Å². The molecule has 1 heterocycles. The quantitative estimate of drug-likeness (QED) is 0.452. The molecule has 0 saturated carbocycles. The minimum atomic E-state index is -3.56. The second-order valence-corrected chi connectivity index (χ2v) is 10.1. The molecule has 0 bridgehead atoms. The fraction of sp³-hybridized carbons (Fsp3) is 0.304. The highest BCUT2D eigenvalue weighted by molar-refractivity contribution is 7.98. The highest BCUT2D eigenvalue weighted by Gasteiger charge is 2.26. The number of carbonyl (C=O) groups is 2. The van der Waals surface area contributed by atoms with E-state index in [9.17, 15) is 18.0 Å². The molecule has 0 radical (unpaired) electrons. The molecule has 2 aromatic rings. The zero-order chi connectivity index (χ0) is 23.8. The Hall–Kier alpha value is -2.66. The first-order valence-electron chi connectivity index (χ1n) is 10.4. The Balaban J connectivity index is 1.56. The van der Waals surface area contributed by atoms with Crippen LogP contribution in [0.2, 0.25) is 0 Å². The summed E-state index contributed by atoms with van der Waals surface area (Å²) in [6, 6.07) is 13.8. The number of likely N-dealkylation sites (N-methyl/N-ethyl adjacent to an activating group) is 1. The van der Waals surface area contributed by atoms with Gasteiger partial charge in [0.15, 0.2) is 0 Å². The van der Waals surface area contributed by atoms with Crippen molar-refractivity contribution in [2.45, 2.75) is 9.79 Å². The number of thioether (sulfide) groups is 1. The van der Waals surface area contributed by atoms with Crippen LogP contribution in [0.5, 0.6) is 0 Å². The molecule has 2 amide bonds. The Morgan fingerprint density at radius 2 is 1.79 bits per heavy atom. The predicted octanol–water partition coefficient (Wildman–Crippen LogP) is 2.54. The lowest BCUT2D eigenvalue weighted by Crippen LogP contribution is -2.40. The fourth-order valence-electron chi connectivity index (χ4n) is 3.21. The summed E-state index contributed by atoms with van der Waals surface area (Å²) in [7, 11) is -2.01. The van der Waals surface area contributed by atoms with Crippen LogP contribution in [-0.4, -0.2) is 75.6 Å². The molecule has 1 aliphatic heterocycles. The number of sulfonamides is 1. The van der Waals surface area contributed by atoms with Crippen LogP contribution in [0, 0.1) is 0 Å². The van der Waals surface area contributed by atoms with Crippen molar-refractivity contribution < 1.29 is 22.7 Å². The van der Waals surface area contributed by atoms with Gasteiger partial charge in [-0.3, -0.25) is 9.59 Å². The summed E-state index contributed by atoms with van der Waals surface area (Å²) in [6.45, 7) is 1.35. The lowest BCUT2D eigenvalue weighted by molar-refractivity contribution is -0.129. The summed E-state index contributed by atoms with van der Waals surface area (Å²) in [5.74, 6) is -0.633. The van der Waals surface area contributed by atoms with Gasteiger partial charge in [-0.2, -0.15) is 4.31 Å². The van der Waals surface area contributed by atoms with E-state index in [1.165, 1.54) is 39.2 Å². The van der Waals surface area contributed by atoms with Crippen molar-refractivity contribution in [3.05, 3.63) is 60.2 Å². The van der Waals surface area contributed by atoms with Gasteiger partial charge in [0.25, 0.3) is 0 Å². The Morgan fingerprint density at radius 1 is 1.12 bits per heavy atom. The molecule has 176 valence electrons. The van der Waals surface area contributed by atoms with Crippen molar-refractivity contribution in [2.24, 2.45) is 0 Å². The molecule has 33 heavy (non-hydrogen) atoms. The molecule has 1 aliphatic rings. The number of hydrogen-bond donors (Lipinski definition) is 1. The van der Waals surface area contributed by atoms with E-state index >= 15 is 0 Å². The molecule has 0 unspecified atom stereocenters. The maximum atomic E-state index is 12.7. The van der Waals surface area contributed by atoms with Gasteiger partial charge in [0.1, 0.15) is 0 Å². The smallest absolute Gasteiger partial charge is 0.246 e. The summed E-state index contributed by atoms with van der Waals surface area (Å²) in [5, 5.41) is 2.82. The summed E-state index contributed by atoms with van der Waals surface area (Å²) in [6.07, 6.45) is 4.87. The maximum Gasteiger partial charge on any atom is 0.246 e. The second-order valence-electron chi connectivity index (χ2n) is 7.36. The van der Waals surface area contributed by atoms with Gasteiger partial charge in [0.2, 0.25) is 21.8 Å². The SMILES string of the molecule is CSc1ccccc1NC(=O)CN(C)C(=O)/C=C/c1ccc(S(=O)(=O)N2CCOCC2)cc1. The molecule has 10 heteroatoms. The van der Waals surface area contributed by atoms with Gasteiger partial charge in [0, 0.05) is 31.1 Å². The molecule has 0 aliphatic carbocycles. The molecule has 0 spiro atoms. The van der Waals surface area contributed by atoms with Gasteiger partial charge in [-0.05, 0) is 42.2 Å². The Kier molecular flexibility index (Phi) is 8.67. The Labute approximate surface area is 198 Å². The molecule has 1 N–H and O–H groups in total. The largest absolute Gasteiger partial charge is 0.379 e. The van der Waals surface area contributed by atoms with Crippen LogP contribution < -0.4 is 5.32 Å². The average Bonchev–Trinajstić information content (AvgIpc) is 2.83. The summed E-state index contributed by atoms with van der Waals surface area (Å²) < 4.78 is 32.0. The van der Waals surface area contributed by atoms with E-state index in [4.69, 9.17) is 4.74 Å². The number of amides is 2. The van der Waals surface area contributed by atoms with Gasteiger partial charge in [-0.1, -0.05) is 24.3 Å². The van der Waals surface area contributed by atoms with Crippen LogP contribution in [-0.2, 0) is 24.3 Å². The third-order valence-electron chi connectivity index (χ3n) is 5.04. The highest BCUT2D eigenvalue weighted by atomic mass is 32.2. The Morgan fingerprint density at radius 3 is 2.45 bits per heavy atom. The van der Waals surface area contributed by atoms with Crippen molar-refractivity contribution in [1.29, 1.82) is 0 Å². The zero-order valence-corrected chi connectivity index (χ0v) is 20.2. The first-order valence-corrected chi connectivity index (χ1v) is 13.0. The number of ether oxygens (including phenoxy) is 1. The van der Waals surface area contributed by atoms with Gasteiger partial charge < -0.3 is 15.0 Å². The molecular formula is C23H27N3O5S2. The van der Waals surface area contributed by atoms with Crippen LogP contribution in [0.1, 0.15) is 5.56 Å². The fourth-order valence-corrected chi connectivity index (χ4v) is 5.17. The number of morpholine rings is 1. The van der Waals surface area contributed by atoms with Gasteiger partial charge in [0.05, 0.1) is 30.3 Å². The molecule has 1 fully saturated rings. The summed E-state index contributed by atoms with van der Waals surface area (Å²) >= 11 is 1.53. The predicted molar refractivity (Wildman–Crippen MR) is 130 cm³/mol. The van der Waals surface area contributed by atoms with E-state index in [2.05, 4.69) is 5.32 Å². The van der Waals surface area contributed by atoms with Gasteiger partial charge in [-0.25, -0.2) is 8.42 Å². The van der Waals surface area contributed by atoms with Gasteiger partial charge >= 0.3 is 0 Å². The van der Waals surface area contributed by atoms with Gasteiger partial charge in [-0.15, -0.1) is 11.8 Å². The molecular weight excluding hydrogens is 462 g/mol. The van der Waals surface area contributed by atoms with Crippen molar-refractivity contribution >= 4 is 45.4 Å². The molecule has 1 saturated heterocycles. The molecule has 2 aromatic carbocycles. The molecule has 0 aromatic heterocycles. The standard InChI is InChI=1S/C23H27N3O5S2/c1-25(17-22(27)24-20-5-3-4-6-21(20)32-2)23(28)12-9-18-7-10-19(11-8-18)33(29,30)26-13-15-31-16-14-26/h3-12H,13-17H2,1-2H3,(H,24,27)/b12-9+. The van der Waals surface area contributed by atoms with Crippen molar-refractivity contribution in [3.8, 4) is 0 Å². The monoisotopic (exact) mass is 489 g/mol. The lowest BCUT2D eigenvalue weighted by Gasteiger charge is -2.26. The zero-order valence-electron chi connectivity index (χ0n) is 18.6. The molecule has 8 nitrogen and oxygen atoms in total. The third-order valence-corrected chi connectivity index (χ3v) is 7.75. The Bertz CT molecular complexity index is 1110. The summed E-state index contributed by atoms with van der Waals surface area (Å²) in [5.41, 5.74) is 1.38. The maximum absolute atomic E-state index is 12.7. The van der Waals surface area contributed by atoms with Crippen LogP contribution in [0.15, 0.2) is 64.4 Å². The number of hydrogen-bond acceptors (Lipinski definition) is 6. The van der Waals surface area contributed by atoms with Crippen LogP contribution in [0.3, 0.4) is 0 Å². The van der Waals surface area contributed by atoms with E-state index in [-0.39, 0.29) is 23.3 Å². The number of para-hydroxylation sites is 1. The van der Waals surface area contributed by atoms with E-state index in [0.717, 1.165) is 4.90 Å². The number of rotatable bonds is 8. The van der Waals surface area contributed by atoms with E-state index in [0.29, 0.717) is 37.6 Å². The van der Waals surface area contributed by atoms with E-state index in [1.807, 2.05) is 30.5 Å². The minimum absolute atomic E-state index is 0.0946. The van der Waals surface area contributed by atoms with E-state index < -0.39 is 10.0 Å². The number of anilines is 1. The van der Waals surface area contributed by atoms with Crippen molar-refractivity contribution in [3.63, 3.8) is 0 Å².